The average molecular weight is 689 g/mol. The Morgan fingerprint density at radius 2 is 1.57 bits per heavy atom. The second-order valence-electron chi connectivity index (χ2n) is 11.9. The predicted octanol–water partition coefficient (Wildman–Crippen LogP) is -4.00. The number of carbonyl (C=O) groups excluding carboxylic acids is 7. The highest BCUT2D eigenvalue weighted by Crippen LogP contribution is 2.18. The monoisotopic (exact) mass is 688 g/mol. The second kappa shape index (κ2) is 18.4. The van der Waals surface area contributed by atoms with Crippen LogP contribution in [-0.4, -0.2) is 125 Å². The molecule has 0 aliphatic carbocycles. The summed E-state index contributed by atoms with van der Waals surface area (Å²) in [5, 5.41) is 33.5. The van der Waals surface area contributed by atoms with Gasteiger partial charge in [0.1, 0.15) is 30.2 Å². The molecule has 2 fully saturated rings. The van der Waals surface area contributed by atoms with Crippen molar-refractivity contribution in [2.24, 2.45) is 5.73 Å². The molecule has 2 aliphatic heterocycles. The molecule has 18 heteroatoms. The van der Waals surface area contributed by atoms with Crippen molar-refractivity contribution < 1.29 is 48.6 Å². The number of benzene rings is 1. The molecule has 7 amide bonds. The number of carboxylic acids is 1. The number of aliphatic carboxylic acids is 1. The summed E-state index contributed by atoms with van der Waals surface area (Å²) in [6.07, 6.45) is 1.43. The van der Waals surface area contributed by atoms with Crippen molar-refractivity contribution in [1.29, 1.82) is 0 Å². The summed E-state index contributed by atoms with van der Waals surface area (Å²) in [4.78, 5) is 102. The van der Waals surface area contributed by atoms with E-state index in [9.17, 15) is 43.5 Å². The Bertz CT molecular complexity index is 1390. The molecule has 2 saturated heterocycles. The molecule has 268 valence electrons. The average Bonchev–Trinajstić information content (AvgIpc) is 3.79. The van der Waals surface area contributed by atoms with Crippen LogP contribution in [0.25, 0.3) is 0 Å². The van der Waals surface area contributed by atoms with Gasteiger partial charge >= 0.3 is 5.97 Å². The zero-order valence-corrected chi connectivity index (χ0v) is 27.1. The minimum absolute atomic E-state index is 0.0445. The lowest BCUT2D eigenvalue weighted by Gasteiger charge is -2.26. The van der Waals surface area contributed by atoms with Gasteiger partial charge < -0.3 is 52.7 Å². The first kappa shape index (κ1) is 38.3. The molecule has 6 atom stereocenters. The van der Waals surface area contributed by atoms with E-state index in [0.717, 1.165) is 6.42 Å². The summed E-state index contributed by atoms with van der Waals surface area (Å²) >= 11 is 0. The molecule has 0 bridgehead atoms. The van der Waals surface area contributed by atoms with Crippen molar-refractivity contribution in [3.8, 4) is 0 Å². The first-order valence-corrected chi connectivity index (χ1v) is 16.0. The largest absolute Gasteiger partial charge is 0.480 e. The molecule has 3 rings (SSSR count). The van der Waals surface area contributed by atoms with Crippen LogP contribution in [0, 0.1) is 0 Å². The standard InChI is InChI=1S/C31H44N8O10/c1-17(35-28(45)19-9-5-11-33-19)26(43)36-21(14-24(32)41)29(46)37-20(13-18-7-3-2-4-8-18)27(44)34-15-25(42)39-12-6-10-23(39)30(47)38-22(16-40)31(48)49/h2-4,7-8,17,19-23,33,40H,5-6,9-16H2,1H3,(H2,32,41)(H,34,44)(H,35,45)(H,36,43)(H,37,46)(H,38,47)(H,48,49)/t17-,19-,20-,21-,22-,23-/m0/s1. The van der Waals surface area contributed by atoms with Crippen molar-refractivity contribution in [2.45, 2.75) is 81.7 Å². The summed E-state index contributed by atoms with van der Waals surface area (Å²) in [7, 11) is 0. The number of hydrogen-bond acceptors (Lipinski definition) is 10. The molecule has 0 saturated carbocycles. The molecule has 10 N–H and O–H groups in total. The molecule has 49 heavy (non-hydrogen) atoms. The van der Waals surface area contributed by atoms with Crippen LogP contribution in [0.3, 0.4) is 0 Å². The Morgan fingerprint density at radius 1 is 0.878 bits per heavy atom. The van der Waals surface area contributed by atoms with Crippen molar-refractivity contribution in [3.63, 3.8) is 0 Å². The molecule has 18 nitrogen and oxygen atoms in total. The van der Waals surface area contributed by atoms with Gasteiger partial charge in [0.2, 0.25) is 41.4 Å². The lowest BCUT2D eigenvalue weighted by Crippen LogP contribution is -2.58. The van der Waals surface area contributed by atoms with Crippen LogP contribution >= 0.6 is 0 Å². The molecule has 2 aliphatic rings. The second-order valence-corrected chi connectivity index (χ2v) is 11.9. The Morgan fingerprint density at radius 3 is 2.18 bits per heavy atom. The summed E-state index contributed by atoms with van der Waals surface area (Å²) in [5.74, 6) is -6.62. The number of likely N-dealkylation sites (tertiary alicyclic amines) is 1. The van der Waals surface area contributed by atoms with Gasteiger partial charge in [-0.15, -0.1) is 0 Å². The molecule has 2 heterocycles. The Labute approximate surface area is 282 Å². The molecule has 0 aromatic heterocycles. The van der Waals surface area contributed by atoms with Crippen LogP contribution in [-0.2, 0) is 44.8 Å². The molecular formula is C31H44N8O10. The topological polar surface area (TPSA) is 278 Å². The molecule has 1 aromatic carbocycles. The van der Waals surface area contributed by atoms with Gasteiger partial charge in [-0.05, 0) is 44.7 Å². The quantitative estimate of drug-likeness (QED) is 0.0761. The fraction of sp³-hybridized carbons (Fsp3) is 0.548. The molecule has 0 radical (unpaired) electrons. The van der Waals surface area contributed by atoms with E-state index in [1.165, 1.54) is 11.8 Å². The van der Waals surface area contributed by atoms with Gasteiger partial charge in [-0.2, -0.15) is 0 Å². The van der Waals surface area contributed by atoms with Crippen LogP contribution in [0.4, 0.5) is 0 Å². The molecule has 1 aromatic rings. The highest BCUT2D eigenvalue weighted by molar-refractivity contribution is 5.97. The van der Waals surface area contributed by atoms with E-state index >= 15 is 0 Å². The number of carbonyl (C=O) groups is 8. The highest BCUT2D eigenvalue weighted by Gasteiger charge is 2.36. The van der Waals surface area contributed by atoms with Crippen LogP contribution in [0.15, 0.2) is 30.3 Å². The van der Waals surface area contributed by atoms with E-state index in [-0.39, 0.29) is 25.3 Å². The summed E-state index contributed by atoms with van der Waals surface area (Å²) in [6.45, 7) is 0.834. The van der Waals surface area contributed by atoms with Gasteiger partial charge in [0.15, 0.2) is 0 Å². The van der Waals surface area contributed by atoms with E-state index in [1.807, 2.05) is 0 Å². The van der Waals surface area contributed by atoms with Gasteiger partial charge in [0.05, 0.1) is 25.6 Å². The van der Waals surface area contributed by atoms with Crippen molar-refractivity contribution in [1.82, 2.24) is 36.8 Å². The number of aliphatic hydroxyl groups excluding tert-OH is 1. The number of nitrogens with one attached hydrogen (secondary N) is 6. The first-order valence-electron chi connectivity index (χ1n) is 16.0. The third-order valence-corrected chi connectivity index (χ3v) is 8.17. The van der Waals surface area contributed by atoms with E-state index in [1.54, 1.807) is 30.3 Å². The van der Waals surface area contributed by atoms with Gasteiger partial charge in [0, 0.05) is 13.0 Å². The number of amides is 7. The summed E-state index contributed by atoms with van der Waals surface area (Å²) < 4.78 is 0. The fourth-order valence-corrected chi connectivity index (χ4v) is 5.51. The molecule has 0 unspecified atom stereocenters. The van der Waals surface area contributed by atoms with Crippen LogP contribution < -0.4 is 37.6 Å². The maximum atomic E-state index is 13.4. The maximum Gasteiger partial charge on any atom is 0.328 e. The van der Waals surface area contributed by atoms with Crippen molar-refractivity contribution in [3.05, 3.63) is 35.9 Å². The number of primary amides is 1. The smallest absolute Gasteiger partial charge is 0.328 e. The Kier molecular flexibility index (Phi) is 14.4. The van der Waals surface area contributed by atoms with E-state index < -0.39 is 97.2 Å². The van der Waals surface area contributed by atoms with Crippen LogP contribution in [0.5, 0.6) is 0 Å². The van der Waals surface area contributed by atoms with Crippen LogP contribution in [0.2, 0.25) is 0 Å². The normalized spacial score (nSPS) is 19.4. The van der Waals surface area contributed by atoms with Gasteiger partial charge in [-0.3, -0.25) is 33.6 Å². The zero-order valence-electron chi connectivity index (χ0n) is 27.1. The minimum atomic E-state index is -1.55. The number of nitrogens with zero attached hydrogens (tertiary/aromatic N) is 1. The number of rotatable bonds is 17. The van der Waals surface area contributed by atoms with Gasteiger partial charge in [0.25, 0.3) is 0 Å². The van der Waals surface area contributed by atoms with E-state index in [4.69, 9.17) is 10.8 Å². The Hall–Kier alpha value is -5.10. The lowest BCUT2D eigenvalue weighted by atomic mass is 10.0. The Balaban J connectivity index is 1.67. The number of carboxylic acid groups (broad SMARTS) is 1. The maximum absolute atomic E-state index is 13.4. The SMILES string of the molecule is C[C@H](NC(=O)[C@@H]1CCCN1)C(=O)N[C@@H](CC(N)=O)C(=O)N[C@@H](Cc1ccccc1)C(=O)NCC(=O)N1CCC[C@H]1C(=O)N[C@@H](CO)C(=O)O. The molecule has 0 spiro atoms. The van der Waals surface area contributed by atoms with Crippen LogP contribution in [0.1, 0.15) is 44.6 Å². The summed E-state index contributed by atoms with van der Waals surface area (Å²) in [6, 6.07) is 1.71. The highest BCUT2D eigenvalue weighted by atomic mass is 16.4. The number of hydrogen-bond donors (Lipinski definition) is 9. The fourth-order valence-electron chi connectivity index (χ4n) is 5.51. The zero-order chi connectivity index (χ0) is 36.1. The predicted molar refractivity (Wildman–Crippen MR) is 171 cm³/mol. The van der Waals surface area contributed by atoms with Crippen molar-refractivity contribution in [2.75, 3.05) is 26.2 Å². The molecular weight excluding hydrogens is 644 g/mol. The third kappa shape index (κ3) is 11.5. The lowest BCUT2D eigenvalue weighted by molar-refractivity contribution is -0.145. The van der Waals surface area contributed by atoms with Gasteiger partial charge in [-0.25, -0.2) is 4.79 Å². The van der Waals surface area contributed by atoms with Crippen molar-refractivity contribution >= 4 is 47.3 Å². The third-order valence-electron chi connectivity index (χ3n) is 8.17. The van der Waals surface area contributed by atoms with E-state index in [2.05, 4.69) is 31.9 Å². The summed E-state index contributed by atoms with van der Waals surface area (Å²) in [5.41, 5.74) is 5.98. The first-order chi connectivity index (χ1) is 23.3. The number of aliphatic hydroxyl groups is 1. The van der Waals surface area contributed by atoms with Gasteiger partial charge in [-0.1, -0.05) is 30.3 Å². The van der Waals surface area contributed by atoms with E-state index in [0.29, 0.717) is 24.9 Å². The number of nitrogens with two attached hydrogens (primary N) is 1. The minimum Gasteiger partial charge on any atom is -0.480 e.